The van der Waals surface area contributed by atoms with Crippen LogP contribution in [0, 0.1) is 5.92 Å². The number of nitrogens with one attached hydrogen (secondary N) is 1. The molecule has 1 aliphatic heterocycles. The van der Waals surface area contributed by atoms with Crippen LogP contribution in [0.2, 0.25) is 0 Å². The van der Waals surface area contributed by atoms with Crippen molar-refractivity contribution in [2.75, 3.05) is 25.0 Å². The summed E-state index contributed by atoms with van der Waals surface area (Å²) in [5, 5.41) is 3.27. The van der Waals surface area contributed by atoms with Gasteiger partial charge in [-0.3, -0.25) is 9.78 Å². The first kappa shape index (κ1) is 13.8. The fourth-order valence-corrected chi connectivity index (χ4v) is 2.32. The van der Waals surface area contributed by atoms with Gasteiger partial charge >= 0.3 is 0 Å². The van der Waals surface area contributed by atoms with Crippen LogP contribution in [0.25, 0.3) is 0 Å². The van der Waals surface area contributed by atoms with Crippen LogP contribution in [-0.4, -0.2) is 35.4 Å². The van der Waals surface area contributed by atoms with Gasteiger partial charge in [-0.2, -0.15) is 0 Å². The molecule has 2 heterocycles. The predicted molar refractivity (Wildman–Crippen MR) is 77.3 cm³/mol. The number of pyridine rings is 1. The van der Waals surface area contributed by atoms with Crippen LogP contribution in [-0.2, 0) is 0 Å². The van der Waals surface area contributed by atoms with E-state index in [1.807, 2.05) is 11.0 Å². The van der Waals surface area contributed by atoms with E-state index in [1.165, 1.54) is 0 Å². The zero-order valence-electron chi connectivity index (χ0n) is 11.9. The van der Waals surface area contributed by atoms with Gasteiger partial charge in [0.05, 0.1) is 11.3 Å². The quantitative estimate of drug-likeness (QED) is 0.906. The van der Waals surface area contributed by atoms with Crippen LogP contribution in [0.4, 0.5) is 5.69 Å². The maximum Gasteiger partial charge on any atom is 0.255 e. The number of hydrogen-bond acceptors (Lipinski definition) is 3. The lowest BCUT2D eigenvalue weighted by Gasteiger charge is -2.30. The Morgan fingerprint density at radius 1 is 1.42 bits per heavy atom. The molecule has 2 rings (SSSR count). The highest BCUT2D eigenvalue weighted by Crippen LogP contribution is 2.19. The molecule has 4 nitrogen and oxygen atoms in total. The summed E-state index contributed by atoms with van der Waals surface area (Å²) < 4.78 is 0. The highest BCUT2D eigenvalue weighted by atomic mass is 16.2. The number of rotatable bonds is 4. The summed E-state index contributed by atoms with van der Waals surface area (Å²) in [6.07, 6.45) is 6.70. The Labute approximate surface area is 115 Å². The molecule has 0 aromatic carbocycles. The van der Waals surface area contributed by atoms with Gasteiger partial charge in [-0.15, -0.1) is 0 Å². The number of anilines is 1. The molecule has 104 valence electrons. The van der Waals surface area contributed by atoms with E-state index in [0.717, 1.165) is 50.5 Å². The van der Waals surface area contributed by atoms with Crippen LogP contribution < -0.4 is 5.32 Å². The van der Waals surface area contributed by atoms with Crippen LogP contribution in [0.5, 0.6) is 0 Å². The molecule has 0 saturated carbocycles. The Morgan fingerprint density at radius 3 is 2.84 bits per heavy atom. The largest absolute Gasteiger partial charge is 0.384 e. The lowest BCUT2D eigenvalue weighted by molar-refractivity contribution is 0.0697. The SMILES string of the molecule is CCCNc1cncc(C(=O)N2CCC(C)CC2)c1. The molecule has 0 aliphatic carbocycles. The molecule has 1 aromatic heterocycles. The summed E-state index contributed by atoms with van der Waals surface area (Å²) in [7, 11) is 0. The fourth-order valence-electron chi connectivity index (χ4n) is 2.32. The standard InChI is InChI=1S/C15H23N3O/c1-3-6-17-14-9-13(10-16-11-14)15(19)18-7-4-12(2)5-8-18/h9-12,17H,3-8H2,1-2H3. The third-order valence-corrected chi connectivity index (χ3v) is 3.64. The second-order valence-electron chi connectivity index (χ2n) is 5.36. The van der Waals surface area contributed by atoms with Crippen molar-refractivity contribution in [3.05, 3.63) is 24.0 Å². The molecular formula is C15H23N3O. The van der Waals surface area contributed by atoms with Gasteiger partial charge in [-0.1, -0.05) is 13.8 Å². The van der Waals surface area contributed by atoms with Gasteiger partial charge < -0.3 is 10.2 Å². The van der Waals surface area contributed by atoms with Crippen LogP contribution in [0.15, 0.2) is 18.5 Å². The highest BCUT2D eigenvalue weighted by Gasteiger charge is 2.21. The number of nitrogens with zero attached hydrogens (tertiary/aromatic N) is 2. The van der Waals surface area contributed by atoms with Crippen LogP contribution in [0.1, 0.15) is 43.5 Å². The van der Waals surface area contributed by atoms with Crippen molar-refractivity contribution in [1.29, 1.82) is 0 Å². The van der Waals surface area contributed by atoms with Gasteiger partial charge in [0.2, 0.25) is 0 Å². The summed E-state index contributed by atoms with van der Waals surface area (Å²) in [4.78, 5) is 18.5. The van der Waals surface area contributed by atoms with Crippen molar-refractivity contribution in [3.63, 3.8) is 0 Å². The van der Waals surface area contributed by atoms with Gasteiger partial charge in [0, 0.05) is 32.0 Å². The van der Waals surface area contributed by atoms with Crippen molar-refractivity contribution in [2.45, 2.75) is 33.1 Å². The normalized spacial score (nSPS) is 16.4. The first-order chi connectivity index (χ1) is 9.20. The predicted octanol–water partition coefficient (Wildman–Crippen LogP) is 2.78. The number of carbonyl (C=O) groups is 1. The molecule has 0 bridgehead atoms. The Morgan fingerprint density at radius 2 is 2.16 bits per heavy atom. The van der Waals surface area contributed by atoms with Gasteiger partial charge in [0.25, 0.3) is 5.91 Å². The molecule has 4 heteroatoms. The molecule has 1 aliphatic rings. The van der Waals surface area contributed by atoms with E-state index >= 15 is 0 Å². The minimum atomic E-state index is 0.111. The van der Waals surface area contributed by atoms with Crippen molar-refractivity contribution in [1.82, 2.24) is 9.88 Å². The zero-order valence-corrected chi connectivity index (χ0v) is 11.9. The molecule has 0 unspecified atom stereocenters. The Kier molecular flexibility index (Phi) is 4.77. The zero-order chi connectivity index (χ0) is 13.7. The number of aromatic nitrogens is 1. The first-order valence-electron chi connectivity index (χ1n) is 7.19. The summed E-state index contributed by atoms with van der Waals surface area (Å²) in [5.41, 5.74) is 1.62. The van der Waals surface area contributed by atoms with Crippen LogP contribution >= 0.6 is 0 Å². The van der Waals surface area contributed by atoms with Crippen molar-refractivity contribution in [2.24, 2.45) is 5.92 Å². The minimum absolute atomic E-state index is 0.111. The number of hydrogen-bond donors (Lipinski definition) is 1. The fraction of sp³-hybridized carbons (Fsp3) is 0.600. The van der Waals surface area contributed by atoms with Gasteiger partial charge in [-0.05, 0) is 31.2 Å². The third kappa shape index (κ3) is 3.69. The van der Waals surface area contributed by atoms with Gasteiger partial charge in [0.1, 0.15) is 0 Å². The van der Waals surface area contributed by atoms with E-state index in [0.29, 0.717) is 5.56 Å². The topological polar surface area (TPSA) is 45.2 Å². The molecule has 1 fully saturated rings. The number of carbonyl (C=O) groups excluding carboxylic acids is 1. The van der Waals surface area contributed by atoms with Crippen molar-refractivity contribution < 1.29 is 4.79 Å². The van der Waals surface area contributed by atoms with E-state index in [9.17, 15) is 4.79 Å². The molecule has 1 saturated heterocycles. The van der Waals surface area contributed by atoms with Crippen molar-refractivity contribution >= 4 is 11.6 Å². The molecule has 1 aromatic rings. The maximum atomic E-state index is 12.4. The molecule has 0 atom stereocenters. The molecule has 0 spiro atoms. The lowest BCUT2D eigenvalue weighted by atomic mass is 9.99. The van der Waals surface area contributed by atoms with E-state index in [4.69, 9.17) is 0 Å². The number of piperidine rings is 1. The Balaban J connectivity index is 2.02. The second-order valence-corrected chi connectivity index (χ2v) is 5.36. The van der Waals surface area contributed by atoms with Crippen LogP contribution in [0.3, 0.4) is 0 Å². The Hall–Kier alpha value is -1.58. The van der Waals surface area contributed by atoms with E-state index in [2.05, 4.69) is 24.1 Å². The second kappa shape index (κ2) is 6.55. The highest BCUT2D eigenvalue weighted by molar-refractivity contribution is 5.94. The molecular weight excluding hydrogens is 238 g/mol. The number of amides is 1. The maximum absolute atomic E-state index is 12.4. The number of likely N-dealkylation sites (tertiary alicyclic amines) is 1. The first-order valence-corrected chi connectivity index (χ1v) is 7.19. The minimum Gasteiger partial charge on any atom is -0.384 e. The summed E-state index contributed by atoms with van der Waals surface area (Å²) >= 11 is 0. The monoisotopic (exact) mass is 261 g/mol. The Bertz CT molecular complexity index is 425. The van der Waals surface area contributed by atoms with Gasteiger partial charge in [-0.25, -0.2) is 0 Å². The van der Waals surface area contributed by atoms with Crippen molar-refractivity contribution in [3.8, 4) is 0 Å². The summed E-state index contributed by atoms with van der Waals surface area (Å²) in [6.45, 7) is 7.00. The van der Waals surface area contributed by atoms with E-state index in [1.54, 1.807) is 12.4 Å². The lowest BCUT2D eigenvalue weighted by Crippen LogP contribution is -2.37. The smallest absolute Gasteiger partial charge is 0.255 e. The molecule has 19 heavy (non-hydrogen) atoms. The average molecular weight is 261 g/mol. The molecule has 0 radical (unpaired) electrons. The van der Waals surface area contributed by atoms with E-state index < -0.39 is 0 Å². The molecule has 1 N–H and O–H groups in total. The summed E-state index contributed by atoms with van der Waals surface area (Å²) in [5.74, 6) is 0.847. The summed E-state index contributed by atoms with van der Waals surface area (Å²) in [6, 6.07) is 1.91. The van der Waals surface area contributed by atoms with Gasteiger partial charge in [0.15, 0.2) is 0 Å². The van der Waals surface area contributed by atoms with E-state index in [-0.39, 0.29) is 5.91 Å². The average Bonchev–Trinajstić information content (AvgIpc) is 2.45. The molecule has 1 amide bonds. The third-order valence-electron chi connectivity index (χ3n) is 3.64.